The topological polar surface area (TPSA) is 35.8 Å². The Labute approximate surface area is 114 Å². The summed E-state index contributed by atoms with van der Waals surface area (Å²) in [6, 6.07) is 8.08. The summed E-state index contributed by atoms with van der Waals surface area (Å²) in [6.07, 6.45) is 2.99. The number of hydrogen-bond acceptors (Lipinski definition) is 2. The molecule has 84 valence electrons. The van der Waals surface area contributed by atoms with Crippen LogP contribution >= 0.6 is 34.2 Å². The fourth-order valence-corrected chi connectivity index (χ4v) is 2.74. The van der Waals surface area contributed by atoms with E-state index in [-0.39, 0.29) is 5.41 Å². The van der Waals surface area contributed by atoms with Crippen LogP contribution in [0.15, 0.2) is 18.2 Å². The number of nitrogens with zero attached hydrogens (tertiary/aromatic N) is 1. The molecule has 2 rings (SSSR count). The quantitative estimate of drug-likeness (QED) is 0.835. The van der Waals surface area contributed by atoms with E-state index in [4.69, 9.17) is 16.9 Å². The third-order valence-electron chi connectivity index (χ3n) is 3.00. The number of benzene rings is 1. The summed E-state index contributed by atoms with van der Waals surface area (Å²) in [5, 5.41) is 12.9. The van der Waals surface area contributed by atoms with Gasteiger partial charge in [0.05, 0.1) is 6.07 Å². The molecule has 0 aliphatic heterocycles. The Morgan fingerprint density at radius 3 is 2.81 bits per heavy atom. The van der Waals surface area contributed by atoms with Crippen LogP contribution in [0, 0.1) is 20.3 Å². The molecule has 1 aromatic carbocycles. The van der Waals surface area contributed by atoms with Crippen molar-refractivity contribution in [3.05, 3.63) is 26.8 Å². The smallest absolute Gasteiger partial charge is 0.0628 e. The molecule has 0 spiro atoms. The molecule has 1 saturated carbocycles. The van der Waals surface area contributed by atoms with E-state index >= 15 is 0 Å². The predicted molar refractivity (Wildman–Crippen MR) is 74.6 cm³/mol. The second-order valence-electron chi connectivity index (χ2n) is 4.31. The Balaban J connectivity index is 1.98. The number of nitrogens with one attached hydrogen (secondary N) is 1. The largest absolute Gasteiger partial charge is 0.384 e. The van der Waals surface area contributed by atoms with Crippen LogP contribution in [-0.2, 0) is 0 Å². The van der Waals surface area contributed by atoms with Gasteiger partial charge in [0.1, 0.15) is 0 Å². The zero-order valence-corrected chi connectivity index (χ0v) is 11.7. The number of rotatable bonds is 4. The van der Waals surface area contributed by atoms with Crippen LogP contribution < -0.4 is 5.32 Å². The summed E-state index contributed by atoms with van der Waals surface area (Å²) in [5.41, 5.74) is 1.34. The number of nitriles is 1. The zero-order chi connectivity index (χ0) is 11.6. The summed E-state index contributed by atoms with van der Waals surface area (Å²) >= 11 is 8.16. The van der Waals surface area contributed by atoms with Gasteiger partial charge in [-0.3, -0.25) is 0 Å². The third kappa shape index (κ3) is 2.80. The molecule has 4 heteroatoms. The van der Waals surface area contributed by atoms with Crippen LogP contribution in [0.3, 0.4) is 0 Å². The molecule has 2 nitrogen and oxygen atoms in total. The fourth-order valence-electron chi connectivity index (χ4n) is 1.68. The Hall–Kier alpha value is -0.470. The second kappa shape index (κ2) is 4.80. The van der Waals surface area contributed by atoms with Crippen LogP contribution in [0.4, 0.5) is 5.69 Å². The molecule has 0 radical (unpaired) electrons. The van der Waals surface area contributed by atoms with Crippen molar-refractivity contribution in [3.8, 4) is 6.07 Å². The lowest BCUT2D eigenvalue weighted by molar-refractivity contribution is 0.557. The van der Waals surface area contributed by atoms with Crippen molar-refractivity contribution in [1.29, 1.82) is 5.26 Å². The Kier molecular flexibility index (Phi) is 3.60. The second-order valence-corrected chi connectivity index (χ2v) is 5.91. The van der Waals surface area contributed by atoms with Crippen molar-refractivity contribution in [2.45, 2.75) is 19.3 Å². The molecule has 1 fully saturated rings. The minimum absolute atomic E-state index is 0.234. The summed E-state index contributed by atoms with van der Waals surface area (Å²) in [5.74, 6) is 0. The Bertz CT molecular complexity index is 435. The normalized spacial score (nSPS) is 16.6. The standard InChI is InChI=1S/C12H12ClIN2/c13-9-1-2-11(10(14)7-9)16-8-12(3-4-12)5-6-15/h1-2,7,16H,3-5,8H2. The van der Waals surface area contributed by atoms with Crippen LogP contribution in [0.2, 0.25) is 5.02 Å². The first kappa shape index (κ1) is 12.0. The summed E-state index contributed by atoms with van der Waals surface area (Å²) in [7, 11) is 0. The van der Waals surface area contributed by atoms with E-state index in [0.29, 0.717) is 6.42 Å². The lowest BCUT2D eigenvalue weighted by atomic mass is 10.0. The summed E-state index contributed by atoms with van der Waals surface area (Å²) in [4.78, 5) is 0. The number of anilines is 1. The molecule has 1 aliphatic rings. The fraction of sp³-hybridized carbons (Fsp3) is 0.417. The average molecular weight is 347 g/mol. The van der Waals surface area contributed by atoms with Crippen LogP contribution in [0.5, 0.6) is 0 Å². The molecule has 1 aliphatic carbocycles. The van der Waals surface area contributed by atoms with Crippen molar-refractivity contribution in [3.63, 3.8) is 0 Å². The molecule has 0 unspecified atom stereocenters. The predicted octanol–water partition coefficient (Wildman–Crippen LogP) is 4.05. The van der Waals surface area contributed by atoms with Gasteiger partial charge in [-0.25, -0.2) is 0 Å². The van der Waals surface area contributed by atoms with E-state index < -0.39 is 0 Å². The van der Waals surface area contributed by atoms with Crippen molar-refractivity contribution < 1.29 is 0 Å². The molecule has 0 atom stereocenters. The highest BCUT2D eigenvalue weighted by molar-refractivity contribution is 14.1. The lowest BCUT2D eigenvalue weighted by Crippen LogP contribution is -2.15. The maximum atomic E-state index is 8.73. The zero-order valence-electron chi connectivity index (χ0n) is 8.76. The van der Waals surface area contributed by atoms with E-state index in [9.17, 15) is 0 Å². The SMILES string of the molecule is N#CCC1(CNc2ccc(Cl)cc2I)CC1. The highest BCUT2D eigenvalue weighted by Crippen LogP contribution is 2.48. The van der Waals surface area contributed by atoms with Gasteiger partial charge in [0, 0.05) is 32.7 Å². The Morgan fingerprint density at radius 1 is 1.50 bits per heavy atom. The molecule has 0 heterocycles. The van der Waals surface area contributed by atoms with Gasteiger partial charge in [-0.05, 0) is 53.6 Å². The molecular formula is C12H12ClIN2. The van der Waals surface area contributed by atoms with Gasteiger partial charge in [-0.2, -0.15) is 5.26 Å². The third-order valence-corrected chi connectivity index (χ3v) is 4.12. The van der Waals surface area contributed by atoms with E-state index in [1.807, 2.05) is 18.2 Å². The van der Waals surface area contributed by atoms with E-state index in [2.05, 4.69) is 34.0 Å². The first-order valence-corrected chi connectivity index (χ1v) is 6.67. The van der Waals surface area contributed by atoms with Gasteiger partial charge in [-0.1, -0.05) is 11.6 Å². The highest BCUT2D eigenvalue weighted by Gasteiger charge is 2.42. The monoisotopic (exact) mass is 346 g/mol. The lowest BCUT2D eigenvalue weighted by Gasteiger charge is -2.14. The summed E-state index contributed by atoms with van der Waals surface area (Å²) < 4.78 is 1.12. The maximum Gasteiger partial charge on any atom is 0.0628 e. The number of hydrogen-bond donors (Lipinski definition) is 1. The Morgan fingerprint density at radius 2 is 2.25 bits per heavy atom. The molecule has 0 saturated heterocycles. The van der Waals surface area contributed by atoms with E-state index in [1.165, 1.54) is 0 Å². The van der Waals surface area contributed by atoms with Crippen LogP contribution in [-0.4, -0.2) is 6.54 Å². The van der Waals surface area contributed by atoms with Gasteiger partial charge in [-0.15, -0.1) is 0 Å². The minimum Gasteiger partial charge on any atom is -0.384 e. The van der Waals surface area contributed by atoms with Gasteiger partial charge in [0.2, 0.25) is 0 Å². The van der Waals surface area contributed by atoms with E-state index in [1.54, 1.807) is 0 Å². The van der Waals surface area contributed by atoms with Crippen molar-refractivity contribution >= 4 is 39.9 Å². The molecule has 16 heavy (non-hydrogen) atoms. The molecule has 0 aromatic heterocycles. The number of halogens is 2. The highest BCUT2D eigenvalue weighted by atomic mass is 127. The first-order valence-electron chi connectivity index (χ1n) is 5.21. The molecule has 0 bridgehead atoms. The van der Waals surface area contributed by atoms with Gasteiger partial charge in [0.25, 0.3) is 0 Å². The average Bonchev–Trinajstić information content (AvgIpc) is 2.98. The van der Waals surface area contributed by atoms with Crippen molar-refractivity contribution in [2.24, 2.45) is 5.41 Å². The van der Waals surface area contributed by atoms with Crippen molar-refractivity contribution in [1.82, 2.24) is 0 Å². The molecule has 1 N–H and O–H groups in total. The van der Waals surface area contributed by atoms with Gasteiger partial charge >= 0.3 is 0 Å². The minimum atomic E-state index is 0.234. The van der Waals surface area contributed by atoms with Gasteiger partial charge in [0.15, 0.2) is 0 Å². The maximum absolute atomic E-state index is 8.73. The van der Waals surface area contributed by atoms with Crippen LogP contribution in [0.25, 0.3) is 0 Å². The summed E-state index contributed by atoms with van der Waals surface area (Å²) in [6.45, 7) is 0.887. The molecule has 1 aromatic rings. The molecule has 0 amide bonds. The van der Waals surface area contributed by atoms with Crippen LogP contribution in [0.1, 0.15) is 19.3 Å². The van der Waals surface area contributed by atoms with E-state index in [0.717, 1.165) is 33.7 Å². The van der Waals surface area contributed by atoms with Gasteiger partial charge < -0.3 is 5.32 Å². The first-order chi connectivity index (χ1) is 7.65. The van der Waals surface area contributed by atoms with Crippen molar-refractivity contribution in [2.75, 3.05) is 11.9 Å². The molecular weight excluding hydrogens is 335 g/mol.